The number of esters is 1. The molecule has 0 saturated heterocycles. The number of amides is 1. The van der Waals surface area contributed by atoms with E-state index in [0.29, 0.717) is 17.1 Å². The molecule has 0 fully saturated rings. The fourth-order valence-corrected chi connectivity index (χ4v) is 2.74. The van der Waals surface area contributed by atoms with Gasteiger partial charge in [-0.05, 0) is 30.2 Å². The highest BCUT2D eigenvalue weighted by Crippen LogP contribution is 2.32. The van der Waals surface area contributed by atoms with E-state index in [0.717, 1.165) is 17.5 Å². The Morgan fingerprint density at radius 1 is 1.13 bits per heavy atom. The predicted molar refractivity (Wildman–Crippen MR) is 87.4 cm³/mol. The van der Waals surface area contributed by atoms with E-state index in [9.17, 15) is 9.59 Å². The average Bonchev–Trinajstić information content (AvgIpc) is 2.86. The number of carbonyl (C=O) groups excluding carboxylic acids is 2. The molecule has 0 bridgehead atoms. The van der Waals surface area contributed by atoms with Gasteiger partial charge in [0.05, 0.1) is 12.0 Å². The van der Waals surface area contributed by atoms with Crippen LogP contribution in [0.25, 0.3) is 0 Å². The summed E-state index contributed by atoms with van der Waals surface area (Å²) in [7, 11) is 0. The van der Waals surface area contributed by atoms with Gasteiger partial charge in [0.15, 0.2) is 0 Å². The van der Waals surface area contributed by atoms with Crippen LogP contribution in [0.3, 0.4) is 0 Å². The zero-order valence-electron chi connectivity index (χ0n) is 12.4. The summed E-state index contributed by atoms with van der Waals surface area (Å²) in [5.41, 5.74) is 2.43. The van der Waals surface area contributed by atoms with E-state index >= 15 is 0 Å². The first-order valence-corrected chi connectivity index (χ1v) is 7.82. The number of benzene rings is 2. The quantitative estimate of drug-likeness (QED) is 0.856. The summed E-state index contributed by atoms with van der Waals surface area (Å²) >= 11 is 5.83. The van der Waals surface area contributed by atoms with Crippen LogP contribution in [0.1, 0.15) is 34.0 Å². The van der Waals surface area contributed by atoms with Gasteiger partial charge < -0.3 is 10.1 Å². The summed E-state index contributed by atoms with van der Waals surface area (Å²) in [6.07, 6.45) is 0.377. The summed E-state index contributed by atoms with van der Waals surface area (Å²) in [4.78, 5) is 23.8. The zero-order chi connectivity index (χ0) is 16.2. The number of halogens is 1. The molecule has 118 valence electrons. The summed E-state index contributed by atoms with van der Waals surface area (Å²) in [5.74, 6) is -0.493. The van der Waals surface area contributed by atoms with Gasteiger partial charge in [-0.1, -0.05) is 41.9 Å². The summed E-state index contributed by atoms with van der Waals surface area (Å²) in [6, 6.07) is 14.7. The number of fused-ring (bicyclic) bond motifs is 1. The Hall–Kier alpha value is -2.33. The lowest BCUT2D eigenvalue weighted by Crippen LogP contribution is -2.27. The third-order valence-corrected chi connectivity index (χ3v) is 4.05. The molecule has 1 N–H and O–H groups in total. The molecular formula is C18H16ClNO3. The van der Waals surface area contributed by atoms with E-state index in [2.05, 4.69) is 5.32 Å². The van der Waals surface area contributed by atoms with Crippen molar-refractivity contribution in [3.8, 4) is 0 Å². The van der Waals surface area contributed by atoms with Crippen molar-refractivity contribution in [1.82, 2.24) is 5.32 Å². The van der Waals surface area contributed by atoms with Crippen molar-refractivity contribution < 1.29 is 14.3 Å². The van der Waals surface area contributed by atoms with Crippen LogP contribution >= 0.6 is 11.6 Å². The van der Waals surface area contributed by atoms with E-state index in [4.69, 9.17) is 16.3 Å². The molecular weight excluding hydrogens is 314 g/mol. The molecule has 1 aliphatic heterocycles. The molecule has 5 heteroatoms. The monoisotopic (exact) mass is 329 g/mol. The summed E-state index contributed by atoms with van der Waals surface area (Å²) in [6.45, 7) is 0.531. The molecule has 0 saturated carbocycles. The summed E-state index contributed by atoms with van der Waals surface area (Å²) < 4.78 is 5.27. The van der Waals surface area contributed by atoms with E-state index < -0.39 is 6.10 Å². The molecule has 2 aromatic carbocycles. The molecule has 1 unspecified atom stereocenters. The maximum atomic E-state index is 12.0. The maximum absolute atomic E-state index is 12.0. The minimum absolute atomic E-state index is 0.131. The number of ether oxygens (including phenoxy) is 1. The lowest BCUT2D eigenvalue weighted by atomic mass is 10.0. The van der Waals surface area contributed by atoms with Crippen LogP contribution < -0.4 is 5.32 Å². The smallest absolute Gasteiger partial charge is 0.339 e. The second-order valence-corrected chi connectivity index (χ2v) is 5.85. The molecule has 0 aliphatic carbocycles. The lowest BCUT2D eigenvalue weighted by Gasteiger charge is -2.11. The molecule has 1 amide bonds. The van der Waals surface area contributed by atoms with E-state index in [1.54, 1.807) is 12.1 Å². The van der Waals surface area contributed by atoms with Crippen molar-refractivity contribution in [1.29, 1.82) is 0 Å². The van der Waals surface area contributed by atoms with Gasteiger partial charge in [0.25, 0.3) is 0 Å². The van der Waals surface area contributed by atoms with Gasteiger partial charge in [-0.3, -0.25) is 4.79 Å². The molecule has 4 nitrogen and oxygen atoms in total. The number of hydrogen-bond acceptors (Lipinski definition) is 3. The van der Waals surface area contributed by atoms with Crippen molar-refractivity contribution >= 4 is 23.5 Å². The molecule has 0 aromatic heterocycles. The summed E-state index contributed by atoms with van der Waals surface area (Å²) in [5, 5.41) is 3.55. The molecule has 23 heavy (non-hydrogen) atoms. The molecule has 1 aliphatic rings. The maximum Gasteiger partial charge on any atom is 0.339 e. The van der Waals surface area contributed by atoms with Crippen LogP contribution in [0.2, 0.25) is 5.02 Å². The third-order valence-electron chi connectivity index (χ3n) is 3.80. The van der Waals surface area contributed by atoms with Gasteiger partial charge in [-0.15, -0.1) is 0 Å². The fourth-order valence-electron chi connectivity index (χ4n) is 2.61. The third kappa shape index (κ3) is 3.71. The molecule has 3 rings (SSSR count). The lowest BCUT2D eigenvalue weighted by molar-refractivity contribution is -0.122. The van der Waals surface area contributed by atoms with Crippen molar-refractivity contribution in [3.63, 3.8) is 0 Å². The van der Waals surface area contributed by atoms with Gasteiger partial charge in [0, 0.05) is 17.1 Å². The Bertz CT molecular complexity index is 727. The van der Waals surface area contributed by atoms with Crippen LogP contribution in [0.4, 0.5) is 0 Å². The minimum Gasteiger partial charge on any atom is -0.453 e. The van der Waals surface area contributed by atoms with Crippen LogP contribution in [0.15, 0.2) is 48.5 Å². The molecule has 2 aromatic rings. The van der Waals surface area contributed by atoms with Crippen LogP contribution in [-0.4, -0.2) is 18.4 Å². The highest BCUT2D eigenvalue weighted by atomic mass is 35.5. The zero-order valence-corrected chi connectivity index (χ0v) is 13.2. The fraction of sp³-hybridized carbons (Fsp3) is 0.222. The largest absolute Gasteiger partial charge is 0.453 e. The predicted octanol–water partition coefficient (Wildman–Crippen LogP) is 3.30. The highest BCUT2D eigenvalue weighted by Gasteiger charge is 2.31. The Morgan fingerprint density at radius 2 is 1.87 bits per heavy atom. The molecule has 1 atom stereocenters. The number of cyclic esters (lactones) is 1. The Kier molecular flexibility index (Phi) is 4.63. The van der Waals surface area contributed by atoms with Gasteiger partial charge in [0.2, 0.25) is 5.91 Å². The van der Waals surface area contributed by atoms with E-state index in [-0.39, 0.29) is 18.3 Å². The number of carbonyl (C=O) groups is 2. The first-order chi connectivity index (χ1) is 11.1. The van der Waals surface area contributed by atoms with Crippen LogP contribution in [0.5, 0.6) is 0 Å². The topological polar surface area (TPSA) is 55.4 Å². The first-order valence-electron chi connectivity index (χ1n) is 7.44. The van der Waals surface area contributed by atoms with E-state index in [1.807, 2.05) is 36.4 Å². The Morgan fingerprint density at radius 3 is 2.65 bits per heavy atom. The van der Waals surface area contributed by atoms with Gasteiger partial charge in [0.1, 0.15) is 6.10 Å². The molecule has 1 heterocycles. The van der Waals surface area contributed by atoms with Gasteiger partial charge >= 0.3 is 5.97 Å². The number of nitrogens with one attached hydrogen (secondary N) is 1. The Balaban J connectivity index is 1.50. The Labute approximate surface area is 139 Å². The molecule has 0 radical (unpaired) electrons. The van der Waals surface area contributed by atoms with Crippen LogP contribution in [-0.2, 0) is 16.0 Å². The SMILES string of the molecule is O=C(CC1OC(=O)c2ccccc21)NCCc1ccc(Cl)cc1. The standard InChI is InChI=1S/C18H16ClNO3/c19-13-7-5-12(6-8-13)9-10-20-17(21)11-16-14-3-1-2-4-15(14)18(22)23-16/h1-8,16H,9-11H2,(H,20,21). The second kappa shape index (κ2) is 6.84. The second-order valence-electron chi connectivity index (χ2n) is 5.41. The normalized spacial score (nSPS) is 15.9. The van der Waals surface area contributed by atoms with Gasteiger partial charge in [-0.25, -0.2) is 4.79 Å². The molecule has 0 spiro atoms. The van der Waals surface area contributed by atoms with Crippen molar-refractivity contribution in [2.75, 3.05) is 6.54 Å². The van der Waals surface area contributed by atoms with Crippen molar-refractivity contribution in [3.05, 3.63) is 70.2 Å². The van der Waals surface area contributed by atoms with Crippen molar-refractivity contribution in [2.45, 2.75) is 18.9 Å². The highest BCUT2D eigenvalue weighted by molar-refractivity contribution is 6.30. The minimum atomic E-state index is -0.491. The van der Waals surface area contributed by atoms with Gasteiger partial charge in [-0.2, -0.15) is 0 Å². The number of rotatable bonds is 5. The average molecular weight is 330 g/mol. The van der Waals surface area contributed by atoms with Crippen LogP contribution in [0, 0.1) is 0 Å². The number of hydrogen-bond donors (Lipinski definition) is 1. The first kappa shape index (κ1) is 15.6. The van der Waals surface area contributed by atoms with E-state index in [1.165, 1.54) is 0 Å². The van der Waals surface area contributed by atoms with Crippen molar-refractivity contribution in [2.24, 2.45) is 0 Å².